The first-order chi connectivity index (χ1) is 10.5. The summed E-state index contributed by atoms with van der Waals surface area (Å²) < 4.78 is 1.00. The first-order valence-electron chi connectivity index (χ1n) is 7.65. The van der Waals surface area contributed by atoms with Gasteiger partial charge in [0.1, 0.15) is 0 Å². The van der Waals surface area contributed by atoms with E-state index in [1.807, 2.05) is 18.2 Å². The predicted octanol–water partition coefficient (Wildman–Crippen LogP) is 1.49. The molecule has 1 fully saturated rings. The van der Waals surface area contributed by atoms with Crippen LogP contribution in [-0.4, -0.2) is 76.1 Å². The molecule has 1 aliphatic heterocycles. The van der Waals surface area contributed by atoms with Gasteiger partial charge < -0.3 is 15.1 Å². The summed E-state index contributed by atoms with van der Waals surface area (Å²) in [5, 5.41) is 2.72. The molecular weight excluding hydrogens is 344 g/mol. The molecule has 1 heterocycles. The number of rotatable bonds is 5. The van der Waals surface area contributed by atoms with Gasteiger partial charge in [-0.15, -0.1) is 0 Å². The minimum atomic E-state index is -0.0301. The van der Waals surface area contributed by atoms with Crippen molar-refractivity contribution in [1.82, 2.24) is 15.1 Å². The molecule has 122 valence electrons. The van der Waals surface area contributed by atoms with Crippen molar-refractivity contribution in [3.05, 3.63) is 28.2 Å². The van der Waals surface area contributed by atoms with Gasteiger partial charge in [0.15, 0.2) is 0 Å². The molecule has 0 aromatic heterocycles. The third kappa shape index (κ3) is 4.44. The van der Waals surface area contributed by atoms with E-state index in [9.17, 15) is 4.79 Å². The highest BCUT2D eigenvalue weighted by Crippen LogP contribution is 2.26. The number of benzene rings is 1. The Hall–Kier alpha value is -1.11. The number of nitrogens with zero attached hydrogens (tertiary/aromatic N) is 3. The van der Waals surface area contributed by atoms with E-state index in [-0.39, 0.29) is 5.91 Å². The number of carbonyl (C=O) groups is 1. The lowest BCUT2D eigenvalue weighted by molar-refractivity contribution is 0.0963. The molecule has 0 unspecified atom stereocenters. The van der Waals surface area contributed by atoms with E-state index in [4.69, 9.17) is 0 Å². The Morgan fingerprint density at radius 3 is 2.55 bits per heavy atom. The van der Waals surface area contributed by atoms with Crippen molar-refractivity contribution in [2.24, 2.45) is 0 Å². The van der Waals surface area contributed by atoms with Gasteiger partial charge in [0, 0.05) is 50.8 Å². The molecule has 0 saturated carbocycles. The zero-order chi connectivity index (χ0) is 16.1. The van der Waals surface area contributed by atoms with Crippen LogP contribution in [0.5, 0.6) is 0 Å². The van der Waals surface area contributed by atoms with Crippen molar-refractivity contribution in [1.29, 1.82) is 0 Å². The minimum Gasteiger partial charge on any atom is -0.368 e. The Bertz CT molecular complexity index is 513. The smallest absolute Gasteiger partial charge is 0.253 e. The number of likely N-dealkylation sites (N-methyl/N-ethyl adjacent to an activating group) is 1. The van der Waals surface area contributed by atoms with Crippen LogP contribution in [0.15, 0.2) is 22.7 Å². The standard InChI is InChI=1S/C16H25BrN4O/c1-18-16(22)14-5-4-13(17)12-15(14)21-10-8-20(9-11-21)7-6-19(2)3/h4-5,12H,6-11H2,1-3H3,(H,18,22). The molecule has 22 heavy (non-hydrogen) atoms. The highest BCUT2D eigenvalue weighted by atomic mass is 79.9. The van der Waals surface area contributed by atoms with Crippen LogP contribution in [0.2, 0.25) is 0 Å². The molecule has 1 amide bonds. The molecule has 0 aliphatic carbocycles. The number of nitrogens with one attached hydrogen (secondary N) is 1. The van der Waals surface area contributed by atoms with Gasteiger partial charge in [0.25, 0.3) is 5.91 Å². The number of amides is 1. The highest BCUT2D eigenvalue weighted by Gasteiger charge is 2.21. The highest BCUT2D eigenvalue weighted by molar-refractivity contribution is 9.10. The van der Waals surface area contributed by atoms with E-state index in [1.165, 1.54) is 0 Å². The van der Waals surface area contributed by atoms with Gasteiger partial charge in [-0.3, -0.25) is 9.69 Å². The monoisotopic (exact) mass is 368 g/mol. The number of carbonyl (C=O) groups excluding carboxylic acids is 1. The van der Waals surface area contributed by atoms with E-state index < -0.39 is 0 Å². The van der Waals surface area contributed by atoms with Gasteiger partial charge in [-0.1, -0.05) is 15.9 Å². The van der Waals surface area contributed by atoms with Gasteiger partial charge in [-0.2, -0.15) is 0 Å². The van der Waals surface area contributed by atoms with E-state index in [0.717, 1.165) is 55.0 Å². The van der Waals surface area contributed by atoms with Gasteiger partial charge >= 0.3 is 0 Å². The number of halogens is 1. The van der Waals surface area contributed by atoms with Crippen LogP contribution in [-0.2, 0) is 0 Å². The number of piperazine rings is 1. The Morgan fingerprint density at radius 2 is 1.95 bits per heavy atom. The Balaban J connectivity index is 2.04. The molecule has 0 atom stereocenters. The maximum atomic E-state index is 12.1. The largest absolute Gasteiger partial charge is 0.368 e. The first-order valence-corrected chi connectivity index (χ1v) is 8.44. The third-order valence-corrected chi connectivity index (χ3v) is 4.50. The summed E-state index contributed by atoms with van der Waals surface area (Å²) in [5.41, 5.74) is 1.76. The SMILES string of the molecule is CNC(=O)c1ccc(Br)cc1N1CCN(CCN(C)C)CC1. The topological polar surface area (TPSA) is 38.8 Å². The normalized spacial score (nSPS) is 16.1. The minimum absolute atomic E-state index is 0.0301. The van der Waals surface area contributed by atoms with E-state index >= 15 is 0 Å². The molecule has 0 radical (unpaired) electrons. The Kier molecular flexibility index (Phi) is 6.23. The fourth-order valence-electron chi connectivity index (χ4n) is 2.65. The van der Waals surface area contributed by atoms with Crippen molar-refractivity contribution in [2.45, 2.75) is 0 Å². The Morgan fingerprint density at radius 1 is 1.27 bits per heavy atom. The summed E-state index contributed by atoms with van der Waals surface area (Å²) in [5.74, 6) is -0.0301. The Labute approximate surface area is 141 Å². The van der Waals surface area contributed by atoms with Crippen LogP contribution in [0, 0.1) is 0 Å². The molecule has 2 rings (SSSR count). The second kappa shape index (κ2) is 7.94. The van der Waals surface area contributed by atoms with Crippen molar-refractivity contribution in [2.75, 3.05) is 65.3 Å². The molecule has 0 bridgehead atoms. The maximum absolute atomic E-state index is 12.1. The molecule has 6 heteroatoms. The number of hydrogen-bond acceptors (Lipinski definition) is 4. The van der Waals surface area contributed by atoms with Gasteiger partial charge in [-0.05, 0) is 32.3 Å². The van der Waals surface area contributed by atoms with E-state index in [2.05, 4.69) is 50.0 Å². The van der Waals surface area contributed by atoms with Crippen molar-refractivity contribution in [3.63, 3.8) is 0 Å². The lowest BCUT2D eigenvalue weighted by Crippen LogP contribution is -2.48. The average Bonchev–Trinajstić information content (AvgIpc) is 2.52. The maximum Gasteiger partial charge on any atom is 0.253 e. The fraction of sp³-hybridized carbons (Fsp3) is 0.562. The summed E-state index contributed by atoms with van der Waals surface area (Å²) in [6.07, 6.45) is 0. The fourth-order valence-corrected chi connectivity index (χ4v) is 3.00. The lowest BCUT2D eigenvalue weighted by Gasteiger charge is -2.37. The number of hydrogen-bond donors (Lipinski definition) is 1. The van der Waals surface area contributed by atoms with Gasteiger partial charge in [0.05, 0.1) is 11.3 Å². The quantitative estimate of drug-likeness (QED) is 0.854. The molecule has 1 N–H and O–H groups in total. The lowest BCUT2D eigenvalue weighted by atomic mass is 10.1. The van der Waals surface area contributed by atoms with E-state index in [1.54, 1.807) is 7.05 Å². The van der Waals surface area contributed by atoms with Crippen LogP contribution in [0.4, 0.5) is 5.69 Å². The van der Waals surface area contributed by atoms with Crippen molar-refractivity contribution in [3.8, 4) is 0 Å². The van der Waals surface area contributed by atoms with Crippen molar-refractivity contribution >= 4 is 27.5 Å². The summed E-state index contributed by atoms with van der Waals surface area (Å²) in [7, 11) is 5.88. The van der Waals surface area contributed by atoms with Gasteiger partial charge in [0.2, 0.25) is 0 Å². The van der Waals surface area contributed by atoms with E-state index in [0.29, 0.717) is 0 Å². The number of anilines is 1. The second-order valence-corrected chi connectivity index (χ2v) is 6.79. The summed E-state index contributed by atoms with van der Waals surface area (Å²) >= 11 is 3.51. The van der Waals surface area contributed by atoms with Gasteiger partial charge in [-0.25, -0.2) is 0 Å². The third-order valence-electron chi connectivity index (χ3n) is 4.01. The molecule has 1 aliphatic rings. The summed E-state index contributed by atoms with van der Waals surface area (Å²) in [6, 6.07) is 5.85. The van der Waals surface area contributed by atoms with Crippen LogP contribution in [0.3, 0.4) is 0 Å². The molecular formula is C16H25BrN4O. The molecule has 0 spiro atoms. The predicted molar refractivity (Wildman–Crippen MR) is 94.7 cm³/mol. The summed E-state index contributed by atoms with van der Waals surface area (Å²) in [4.78, 5) is 19.1. The zero-order valence-electron chi connectivity index (χ0n) is 13.6. The van der Waals surface area contributed by atoms with Crippen LogP contribution in [0.1, 0.15) is 10.4 Å². The first kappa shape index (κ1) is 17.2. The average molecular weight is 369 g/mol. The second-order valence-electron chi connectivity index (χ2n) is 5.87. The van der Waals surface area contributed by atoms with Crippen molar-refractivity contribution < 1.29 is 4.79 Å². The summed E-state index contributed by atoms with van der Waals surface area (Å²) in [6.45, 7) is 6.16. The molecule has 1 aromatic carbocycles. The zero-order valence-corrected chi connectivity index (χ0v) is 15.2. The molecule has 5 nitrogen and oxygen atoms in total. The molecule has 1 saturated heterocycles. The van der Waals surface area contributed by atoms with Crippen LogP contribution in [0.25, 0.3) is 0 Å². The van der Waals surface area contributed by atoms with Crippen LogP contribution < -0.4 is 10.2 Å². The molecule has 1 aromatic rings. The van der Waals surface area contributed by atoms with Crippen LogP contribution >= 0.6 is 15.9 Å².